The Hall–Kier alpha value is -1.61. The fraction of sp³-hybridized carbons (Fsp3) is 0.851. The fourth-order valence-electron chi connectivity index (χ4n) is 7.30. The Balaban J connectivity index is -0.0000146. The number of allylic oxidation sites excluding steroid dienone is 4. The molecule has 0 radical (unpaired) electrons. The van der Waals surface area contributed by atoms with E-state index in [0.717, 1.165) is 51.6 Å². The van der Waals surface area contributed by atoms with E-state index in [2.05, 4.69) is 48.4 Å². The summed E-state index contributed by atoms with van der Waals surface area (Å²) in [4.78, 5) is 39.0. The predicted molar refractivity (Wildman–Crippen MR) is 248 cm³/mol. The van der Waals surface area contributed by atoms with Gasteiger partial charge in [-0.25, -0.2) is 4.79 Å². The molecule has 0 aromatic carbocycles. The Morgan fingerprint density at radius 1 is 0.526 bits per heavy atom. The SMILES string of the molecule is CCCCCCCC/C=C\CCCCCCCCN(CCCCCCCC/C=C\CCCCCCCC)[C@@H](CCCCN)C(=O)N[C@@H](CCC(=O)O)C(=O)O.Cl.Cl. The third kappa shape index (κ3) is 40.9. The lowest BCUT2D eigenvalue weighted by atomic mass is 10.0. The van der Waals surface area contributed by atoms with Crippen LogP contribution in [0.3, 0.4) is 0 Å². The Kier molecular flexibility index (Phi) is 49.3. The number of hydrogen-bond donors (Lipinski definition) is 4. The molecule has 0 aromatic rings. The molecular formula is C47H91Cl2N3O5. The molecule has 0 spiro atoms. The quantitative estimate of drug-likeness (QED) is 0.0355. The minimum Gasteiger partial charge on any atom is -0.481 e. The van der Waals surface area contributed by atoms with Gasteiger partial charge in [-0.15, -0.1) is 24.8 Å². The minimum absolute atomic E-state index is 0. The molecule has 0 rings (SSSR count). The number of nitrogens with two attached hydrogens (primary N) is 1. The lowest BCUT2D eigenvalue weighted by Gasteiger charge is -2.32. The Bertz CT molecular complexity index is 910. The summed E-state index contributed by atoms with van der Waals surface area (Å²) in [6.07, 6.45) is 46.3. The molecule has 0 bridgehead atoms. The van der Waals surface area contributed by atoms with Crippen molar-refractivity contribution in [2.45, 2.75) is 238 Å². The zero-order chi connectivity index (χ0) is 40.5. The summed E-state index contributed by atoms with van der Waals surface area (Å²) in [5, 5.41) is 21.6. The number of amides is 1. The lowest BCUT2D eigenvalue weighted by molar-refractivity contribution is -0.144. The van der Waals surface area contributed by atoms with E-state index < -0.39 is 24.0 Å². The van der Waals surface area contributed by atoms with Gasteiger partial charge in [-0.2, -0.15) is 0 Å². The molecule has 0 heterocycles. The van der Waals surface area contributed by atoms with Crippen molar-refractivity contribution < 1.29 is 24.6 Å². The van der Waals surface area contributed by atoms with Gasteiger partial charge in [0.15, 0.2) is 0 Å². The van der Waals surface area contributed by atoms with Crippen LogP contribution < -0.4 is 11.1 Å². The molecule has 0 saturated carbocycles. The van der Waals surface area contributed by atoms with Crippen LogP contribution in [0.25, 0.3) is 0 Å². The first-order valence-corrected chi connectivity index (χ1v) is 23.4. The second kappa shape index (κ2) is 47.1. The number of nitrogens with one attached hydrogen (secondary N) is 1. The van der Waals surface area contributed by atoms with E-state index in [1.165, 1.54) is 154 Å². The minimum atomic E-state index is -1.21. The van der Waals surface area contributed by atoms with Crippen molar-refractivity contribution >= 4 is 42.7 Å². The summed E-state index contributed by atoms with van der Waals surface area (Å²) in [5.41, 5.74) is 5.81. The first-order valence-electron chi connectivity index (χ1n) is 23.4. The molecule has 0 aliphatic rings. The molecule has 0 saturated heterocycles. The molecule has 338 valence electrons. The number of carboxylic acids is 2. The number of hydrogen-bond acceptors (Lipinski definition) is 5. The molecule has 0 unspecified atom stereocenters. The van der Waals surface area contributed by atoms with Crippen LogP contribution in [0.4, 0.5) is 0 Å². The van der Waals surface area contributed by atoms with Crippen molar-refractivity contribution in [2.75, 3.05) is 19.6 Å². The highest BCUT2D eigenvalue weighted by molar-refractivity contribution is 5.87. The summed E-state index contributed by atoms with van der Waals surface area (Å²) < 4.78 is 0. The Labute approximate surface area is 363 Å². The topological polar surface area (TPSA) is 133 Å². The van der Waals surface area contributed by atoms with Crippen molar-refractivity contribution in [3.05, 3.63) is 24.3 Å². The van der Waals surface area contributed by atoms with Gasteiger partial charge in [0.2, 0.25) is 5.91 Å². The van der Waals surface area contributed by atoms with Crippen molar-refractivity contribution in [1.29, 1.82) is 0 Å². The van der Waals surface area contributed by atoms with Crippen LogP contribution in [0, 0.1) is 0 Å². The zero-order valence-corrected chi connectivity index (χ0v) is 38.5. The summed E-state index contributed by atoms with van der Waals surface area (Å²) in [6.45, 7) is 6.69. The molecule has 8 nitrogen and oxygen atoms in total. The van der Waals surface area contributed by atoms with Crippen LogP contribution in [0.5, 0.6) is 0 Å². The normalized spacial score (nSPS) is 12.5. The molecule has 0 fully saturated rings. The highest BCUT2D eigenvalue weighted by atomic mass is 35.5. The Morgan fingerprint density at radius 2 is 0.895 bits per heavy atom. The molecule has 0 aliphatic heterocycles. The lowest BCUT2D eigenvalue weighted by Crippen LogP contribution is -2.52. The maximum atomic E-state index is 13.7. The average Bonchev–Trinajstić information content (AvgIpc) is 3.16. The van der Waals surface area contributed by atoms with Crippen molar-refractivity contribution in [1.82, 2.24) is 10.2 Å². The summed E-state index contributed by atoms with van der Waals surface area (Å²) in [6, 6.07) is -1.65. The number of rotatable bonds is 43. The fourth-order valence-corrected chi connectivity index (χ4v) is 7.30. The number of halogens is 2. The highest BCUT2D eigenvalue weighted by Crippen LogP contribution is 2.17. The number of unbranched alkanes of at least 4 members (excludes halogenated alkanes) is 25. The molecule has 0 aromatic heterocycles. The van der Waals surface area contributed by atoms with Crippen molar-refractivity contribution in [3.63, 3.8) is 0 Å². The first kappa shape index (κ1) is 59.7. The summed E-state index contributed by atoms with van der Waals surface area (Å²) >= 11 is 0. The summed E-state index contributed by atoms with van der Waals surface area (Å²) in [7, 11) is 0. The second-order valence-electron chi connectivity index (χ2n) is 16.0. The van der Waals surface area contributed by atoms with E-state index in [0.29, 0.717) is 13.0 Å². The third-order valence-corrected chi connectivity index (χ3v) is 10.9. The van der Waals surface area contributed by atoms with Gasteiger partial charge in [0, 0.05) is 6.42 Å². The number of carbonyl (C=O) groups is 3. The highest BCUT2D eigenvalue weighted by Gasteiger charge is 2.29. The predicted octanol–water partition coefficient (Wildman–Crippen LogP) is 13.1. The molecule has 0 aliphatic carbocycles. The number of aliphatic carboxylic acids is 2. The average molecular weight is 849 g/mol. The standard InChI is InChI=1S/C47H89N3O5.2ClH/c1-3-5-7-9-11-13-15-17-19-21-23-25-27-29-31-35-41-50(42-36-32-30-28-26-24-22-20-18-16-14-12-10-8-6-4-2)44(37-33-34-40-48)46(53)49-43(47(54)55)38-39-45(51)52;;/h17-20,43-44H,3-16,21-42,48H2,1-2H3,(H,49,53)(H,51,52)(H,54,55);2*1H/b19-17-,20-18-;;/t43-,44-;;/m0../s1. The number of carboxylic acid groups (broad SMARTS) is 2. The second-order valence-corrected chi connectivity index (χ2v) is 16.0. The van der Waals surface area contributed by atoms with E-state index in [1.54, 1.807) is 0 Å². The van der Waals surface area contributed by atoms with Crippen LogP contribution in [0.15, 0.2) is 24.3 Å². The molecular weight excluding hydrogens is 757 g/mol. The van der Waals surface area contributed by atoms with Crippen LogP contribution in [0.1, 0.15) is 226 Å². The van der Waals surface area contributed by atoms with Crippen molar-refractivity contribution in [2.24, 2.45) is 5.73 Å². The molecule has 5 N–H and O–H groups in total. The zero-order valence-electron chi connectivity index (χ0n) is 36.9. The van der Waals surface area contributed by atoms with Gasteiger partial charge in [-0.3, -0.25) is 14.5 Å². The smallest absolute Gasteiger partial charge is 0.326 e. The molecule has 57 heavy (non-hydrogen) atoms. The van der Waals surface area contributed by atoms with Gasteiger partial charge in [0.05, 0.1) is 6.04 Å². The van der Waals surface area contributed by atoms with E-state index in [4.69, 9.17) is 10.8 Å². The van der Waals surface area contributed by atoms with E-state index >= 15 is 0 Å². The molecule has 2 atom stereocenters. The monoisotopic (exact) mass is 848 g/mol. The Morgan fingerprint density at radius 3 is 1.25 bits per heavy atom. The van der Waals surface area contributed by atoms with E-state index in [9.17, 15) is 19.5 Å². The van der Waals surface area contributed by atoms with Gasteiger partial charge in [-0.05, 0) is 103 Å². The van der Waals surface area contributed by atoms with Crippen LogP contribution in [0.2, 0.25) is 0 Å². The van der Waals surface area contributed by atoms with Gasteiger partial charge in [0.1, 0.15) is 6.04 Å². The van der Waals surface area contributed by atoms with Gasteiger partial charge in [-0.1, -0.05) is 160 Å². The molecule has 10 heteroatoms. The van der Waals surface area contributed by atoms with Crippen molar-refractivity contribution in [3.8, 4) is 0 Å². The van der Waals surface area contributed by atoms with Gasteiger partial charge in [0.25, 0.3) is 0 Å². The van der Waals surface area contributed by atoms with Crippen LogP contribution in [-0.4, -0.2) is 64.7 Å². The maximum Gasteiger partial charge on any atom is 0.326 e. The van der Waals surface area contributed by atoms with Gasteiger partial charge >= 0.3 is 11.9 Å². The summed E-state index contributed by atoms with van der Waals surface area (Å²) in [5.74, 6) is -2.56. The van der Waals surface area contributed by atoms with E-state index in [1.807, 2.05) is 0 Å². The largest absolute Gasteiger partial charge is 0.481 e. The van der Waals surface area contributed by atoms with E-state index in [-0.39, 0.29) is 43.6 Å². The van der Waals surface area contributed by atoms with Crippen LogP contribution >= 0.6 is 24.8 Å². The first-order chi connectivity index (χ1) is 26.9. The third-order valence-electron chi connectivity index (χ3n) is 10.9. The number of carbonyl (C=O) groups excluding carboxylic acids is 1. The van der Waals surface area contributed by atoms with Gasteiger partial charge < -0.3 is 21.3 Å². The number of nitrogens with zero attached hydrogens (tertiary/aromatic N) is 1. The van der Waals surface area contributed by atoms with Crippen LogP contribution in [-0.2, 0) is 14.4 Å². The molecule has 1 amide bonds. The maximum absolute atomic E-state index is 13.7.